The predicted molar refractivity (Wildman–Crippen MR) is 86.5 cm³/mol. The molecule has 2 aromatic rings. The Bertz CT molecular complexity index is 667. The van der Waals surface area contributed by atoms with Gasteiger partial charge >= 0.3 is 0 Å². The number of hydrogen-bond acceptors (Lipinski definition) is 6. The molecule has 6 heteroatoms. The second-order valence-corrected chi connectivity index (χ2v) is 6.07. The number of methoxy groups -OCH3 is 2. The summed E-state index contributed by atoms with van der Waals surface area (Å²) in [4.78, 5) is 6.77. The van der Waals surface area contributed by atoms with Gasteiger partial charge in [0, 0.05) is 11.6 Å². The van der Waals surface area contributed by atoms with Crippen LogP contribution in [0.3, 0.4) is 0 Å². The van der Waals surface area contributed by atoms with Crippen molar-refractivity contribution in [2.24, 2.45) is 5.92 Å². The van der Waals surface area contributed by atoms with Gasteiger partial charge in [-0.1, -0.05) is 5.16 Å². The Morgan fingerprint density at radius 2 is 2.00 bits per heavy atom. The SMILES string of the molecule is COc1ccc(-c2noc(CN(C)[C@@H](C)C3CC3)n2)cc1OC. The molecule has 0 aliphatic heterocycles. The fourth-order valence-electron chi connectivity index (χ4n) is 2.71. The average molecular weight is 317 g/mol. The van der Waals surface area contributed by atoms with E-state index in [-0.39, 0.29) is 0 Å². The van der Waals surface area contributed by atoms with E-state index in [9.17, 15) is 0 Å². The molecule has 0 amide bonds. The van der Waals surface area contributed by atoms with Crippen LogP contribution in [-0.2, 0) is 6.54 Å². The molecule has 1 aliphatic carbocycles. The fraction of sp³-hybridized carbons (Fsp3) is 0.529. The van der Waals surface area contributed by atoms with Gasteiger partial charge in [-0.3, -0.25) is 4.90 Å². The van der Waals surface area contributed by atoms with Gasteiger partial charge in [0.1, 0.15) is 0 Å². The molecule has 0 bridgehead atoms. The largest absolute Gasteiger partial charge is 0.493 e. The maximum absolute atomic E-state index is 5.40. The Kier molecular flexibility index (Phi) is 4.52. The lowest BCUT2D eigenvalue weighted by molar-refractivity contribution is 0.197. The smallest absolute Gasteiger partial charge is 0.241 e. The van der Waals surface area contributed by atoms with E-state index in [0.717, 1.165) is 11.5 Å². The highest BCUT2D eigenvalue weighted by Gasteiger charge is 2.31. The number of benzene rings is 1. The van der Waals surface area contributed by atoms with E-state index in [1.54, 1.807) is 14.2 Å². The Morgan fingerprint density at radius 1 is 1.26 bits per heavy atom. The highest BCUT2D eigenvalue weighted by Crippen LogP contribution is 2.35. The van der Waals surface area contributed by atoms with Crippen LogP contribution >= 0.6 is 0 Å². The molecular weight excluding hydrogens is 294 g/mol. The molecule has 0 N–H and O–H groups in total. The van der Waals surface area contributed by atoms with E-state index in [2.05, 4.69) is 29.0 Å². The third-order valence-corrected chi connectivity index (χ3v) is 4.49. The van der Waals surface area contributed by atoms with E-state index in [1.807, 2.05) is 18.2 Å². The van der Waals surface area contributed by atoms with Crippen LogP contribution < -0.4 is 9.47 Å². The number of rotatable bonds is 7. The van der Waals surface area contributed by atoms with Crippen LogP contribution in [0.25, 0.3) is 11.4 Å². The minimum Gasteiger partial charge on any atom is -0.493 e. The minimum absolute atomic E-state index is 0.548. The zero-order valence-corrected chi connectivity index (χ0v) is 14.1. The standard InChI is InChI=1S/C17H23N3O3/c1-11(12-5-6-12)20(2)10-16-18-17(19-23-16)13-7-8-14(21-3)15(9-13)22-4/h7-9,11-12H,5-6,10H2,1-4H3/t11-/m0/s1. The molecule has 0 spiro atoms. The van der Waals surface area contributed by atoms with Gasteiger partial charge < -0.3 is 14.0 Å². The van der Waals surface area contributed by atoms with Gasteiger partial charge in [-0.25, -0.2) is 0 Å². The van der Waals surface area contributed by atoms with Gasteiger partial charge in [-0.2, -0.15) is 4.98 Å². The summed E-state index contributed by atoms with van der Waals surface area (Å²) in [5.74, 6) is 3.33. The predicted octanol–water partition coefficient (Wildman–Crippen LogP) is 2.98. The van der Waals surface area contributed by atoms with E-state index in [1.165, 1.54) is 12.8 Å². The zero-order valence-electron chi connectivity index (χ0n) is 14.1. The van der Waals surface area contributed by atoms with Gasteiger partial charge in [0.15, 0.2) is 11.5 Å². The maximum Gasteiger partial charge on any atom is 0.241 e. The lowest BCUT2D eigenvalue weighted by atomic mass is 10.2. The quantitative estimate of drug-likeness (QED) is 0.782. The molecule has 23 heavy (non-hydrogen) atoms. The number of hydrogen-bond donors (Lipinski definition) is 0. The average Bonchev–Trinajstić information content (AvgIpc) is 3.32. The van der Waals surface area contributed by atoms with Crippen LogP contribution in [0, 0.1) is 5.92 Å². The highest BCUT2D eigenvalue weighted by atomic mass is 16.5. The Morgan fingerprint density at radius 3 is 2.65 bits per heavy atom. The first-order valence-electron chi connectivity index (χ1n) is 7.87. The van der Waals surface area contributed by atoms with Crippen molar-refractivity contribution < 1.29 is 14.0 Å². The Balaban J connectivity index is 1.73. The van der Waals surface area contributed by atoms with Gasteiger partial charge in [0.25, 0.3) is 0 Å². The lowest BCUT2D eigenvalue weighted by Crippen LogP contribution is -2.30. The Labute approximate surface area is 136 Å². The normalized spacial score (nSPS) is 15.7. The molecule has 0 saturated heterocycles. The lowest BCUT2D eigenvalue weighted by Gasteiger charge is -2.22. The summed E-state index contributed by atoms with van der Waals surface area (Å²) in [5, 5.41) is 4.08. The minimum atomic E-state index is 0.548. The van der Waals surface area contributed by atoms with E-state index < -0.39 is 0 Å². The molecule has 1 aromatic heterocycles. The van der Waals surface area contributed by atoms with Crippen LogP contribution in [-0.4, -0.2) is 42.3 Å². The van der Waals surface area contributed by atoms with Crippen molar-refractivity contribution in [2.75, 3.05) is 21.3 Å². The van der Waals surface area contributed by atoms with Crippen LogP contribution in [0.2, 0.25) is 0 Å². The summed E-state index contributed by atoms with van der Waals surface area (Å²) < 4.78 is 16.0. The molecule has 0 radical (unpaired) electrons. The summed E-state index contributed by atoms with van der Waals surface area (Å²) in [6.45, 7) is 2.92. The van der Waals surface area contributed by atoms with Gasteiger partial charge in [0.2, 0.25) is 11.7 Å². The summed E-state index contributed by atoms with van der Waals surface area (Å²) in [7, 11) is 5.32. The van der Waals surface area contributed by atoms with Crippen molar-refractivity contribution in [3.8, 4) is 22.9 Å². The van der Waals surface area contributed by atoms with Gasteiger partial charge in [0.05, 0.1) is 20.8 Å². The van der Waals surface area contributed by atoms with Crippen molar-refractivity contribution in [1.29, 1.82) is 0 Å². The molecule has 1 atom stereocenters. The van der Waals surface area contributed by atoms with E-state index in [4.69, 9.17) is 14.0 Å². The fourth-order valence-corrected chi connectivity index (χ4v) is 2.71. The van der Waals surface area contributed by atoms with Crippen LogP contribution in [0.4, 0.5) is 0 Å². The topological polar surface area (TPSA) is 60.6 Å². The van der Waals surface area contributed by atoms with Gasteiger partial charge in [-0.05, 0) is 50.9 Å². The first-order valence-corrected chi connectivity index (χ1v) is 7.87. The van der Waals surface area contributed by atoms with Gasteiger partial charge in [-0.15, -0.1) is 0 Å². The molecular formula is C17H23N3O3. The second-order valence-electron chi connectivity index (χ2n) is 6.07. The number of ether oxygens (including phenoxy) is 2. The molecule has 1 heterocycles. The Hall–Kier alpha value is -2.08. The third kappa shape index (κ3) is 3.47. The van der Waals surface area contributed by atoms with E-state index >= 15 is 0 Å². The van der Waals surface area contributed by atoms with Crippen molar-refractivity contribution in [1.82, 2.24) is 15.0 Å². The summed E-state index contributed by atoms with van der Waals surface area (Å²) >= 11 is 0. The molecule has 1 fully saturated rings. The monoisotopic (exact) mass is 317 g/mol. The molecule has 1 aromatic carbocycles. The van der Waals surface area contributed by atoms with Crippen molar-refractivity contribution >= 4 is 0 Å². The van der Waals surface area contributed by atoms with Crippen LogP contribution in [0.5, 0.6) is 11.5 Å². The molecule has 0 unspecified atom stereocenters. The van der Waals surface area contributed by atoms with E-state index in [0.29, 0.717) is 35.8 Å². The van der Waals surface area contributed by atoms with Crippen LogP contribution in [0.15, 0.2) is 22.7 Å². The molecule has 1 saturated carbocycles. The first-order chi connectivity index (χ1) is 11.1. The molecule has 6 nitrogen and oxygen atoms in total. The summed E-state index contributed by atoms with van der Waals surface area (Å²) in [6, 6.07) is 6.13. The third-order valence-electron chi connectivity index (χ3n) is 4.49. The summed E-state index contributed by atoms with van der Waals surface area (Å²) in [6.07, 6.45) is 2.65. The molecule has 3 rings (SSSR count). The van der Waals surface area contributed by atoms with Crippen LogP contribution in [0.1, 0.15) is 25.7 Å². The maximum atomic E-state index is 5.40. The molecule has 1 aliphatic rings. The summed E-state index contributed by atoms with van der Waals surface area (Å²) in [5.41, 5.74) is 0.843. The first kappa shape index (κ1) is 15.8. The second kappa shape index (κ2) is 6.58. The van der Waals surface area contributed by atoms with Crippen molar-refractivity contribution in [3.05, 3.63) is 24.1 Å². The number of aromatic nitrogens is 2. The van der Waals surface area contributed by atoms with Crippen molar-refractivity contribution in [3.63, 3.8) is 0 Å². The zero-order chi connectivity index (χ0) is 16.4. The highest BCUT2D eigenvalue weighted by molar-refractivity contribution is 5.60. The number of nitrogens with zero attached hydrogens (tertiary/aromatic N) is 3. The molecule has 124 valence electrons. The van der Waals surface area contributed by atoms with Crippen molar-refractivity contribution in [2.45, 2.75) is 32.4 Å².